The Bertz CT molecular complexity index is 538. The zero-order valence-electron chi connectivity index (χ0n) is 11.6. The Labute approximate surface area is 103 Å². The Morgan fingerprint density at radius 2 is 1.59 bits per heavy atom. The van der Waals surface area contributed by atoms with Crippen LogP contribution in [0.4, 0.5) is 0 Å². The number of aromatic nitrogens is 1. The number of para-hydroxylation sites is 1. The van der Waals surface area contributed by atoms with Gasteiger partial charge in [0.25, 0.3) is 0 Å². The lowest BCUT2D eigenvalue weighted by Gasteiger charge is -2.19. The standard InChI is InChI=1S/C15H21NO/c1-14(2,3)11-9-7-8-10-12(11)17-16-13(10)15(4,5)6/h7-9H,1-6H3. The molecule has 0 N–H and O–H groups in total. The molecule has 0 spiro atoms. The Morgan fingerprint density at radius 3 is 2.12 bits per heavy atom. The van der Waals surface area contributed by atoms with Gasteiger partial charge < -0.3 is 4.52 Å². The van der Waals surface area contributed by atoms with Crippen molar-refractivity contribution in [1.82, 2.24) is 5.16 Å². The van der Waals surface area contributed by atoms with Crippen molar-refractivity contribution >= 4 is 11.0 Å². The SMILES string of the molecule is CC(C)(C)c1noc2c(C(C)(C)C)cccc12. The van der Waals surface area contributed by atoms with Crippen LogP contribution in [-0.2, 0) is 10.8 Å². The van der Waals surface area contributed by atoms with Crippen molar-refractivity contribution in [3.8, 4) is 0 Å². The largest absolute Gasteiger partial charge is 0.356 e. The van der Waals surface area contributed by atoms with Gasteiger partial charge in [-0.1, -0.05) is 58.8 Å². The molecule has 0 aliphatic rings. The van der Waals surface area contributed by atoms with Crippen molar-refractivity contribution in [2.75, 3.05) is 0 Å². The average Bonchev–Trinajstić information content (AvgIpc) is 2.57. The van der Waals surface area contributed by atoms with Crippen LogP contribution in [0, 0.1) is 0 Å². The van der Waals surface area contributed by atoms with E-state index in [0.717, 1.165) is 16.7 Å². The molecule has 0 radical (unpaired) electrons. The molecule has 0 unspecified atom stereocenters. The van der Waals surface area contributed by atoms with E-state index in [0.29, 0.717) is 0 Å². The first-order chi connectivity index (χ1) is 7.71. The van der Waals surface area contributed by atoms with Crippen LogP contribution in [-0.4, -0.2) is 5.16 Å². The molecule has 0 saturated heterocycles. The normalized spacial score (nSPS) is 13.3. The number of fused-ring (bicyclic) bond motifs is 1. The van der Waals surface area contributed by atoms with E-state index in [9.17, 15) is 0 Å². The van der Waals surface area contributed by atoms with Crippen molar-refractivity contribution in [2.24, 2.45) is 0 Å². The highest BCUT2D eigenvalue weighted by Crippen LogP contribution is 2.35. The lowest BCUT2D eigenvalue weighted by atomic mass is 9.84. The summed E-state index contributed by atoms with van der Waals surface area (Å²) < 4.78 is 5.58. The topological polar surface area (TPSA) is 26.0 Å². The number of nitrogens with zero attached hydrogens (tertiary/aromatic N) is 1. The molecule has 0 bridgehead atoms. The predicted molar refractivity (Wildman–Crippen MR) is 71.4 cm³/mol. The minimum Gasteiger partial charge on any atom is -0.356 e. The smallest absolute Gasteiger partial charge is 0.170 e. The fourth-order valence-corrected chi connectivity index (χ4v) is 2.09. The Hall–Kier alpha value is -1.31. The maximum absolute atomic E-state index is 5.58. The predicted octanol–water partition coefficient (Wildman–Crippen LogP) is 4.42. The zero-order chi connectivity index (χ0) is 12.8. The van der Waals surface area contributed by atoms with Crippen LogP contribution in [0.3, 0.4) is 0 Å². The Morgan fingerprint density at radius 1 is 0.941 bits per heavy atom. The van der Waals surface area contributed by atoms with Gasteiger partial charge >= 0.3 is 0 Å². The van der Waals surface area contributed by atoms with Crippen LogP contribution in [0.1, 0.15) is 52.8 Å². The molecule has 2 heteroatoms. The van der Waals surface area contributed by atoms with E-state index in [1.807, 2.05) is 0 Å². The first kappa shape index (κ1) is 12.2. The van der Waals surface area contributed by atoms with Gasteiger partial charge in [0.15, 0.2) is 5.58 Å². The van der Waals surface area contributed by atoms with Crippen LogP contribution in [0.2, 0.25) is 0 Å². The molecule has 0 atom stereocenters. The third-order valence-electron chi connectivity index (χ3n) is 3.02. The molecule has 0 amide bonds. The summed E-state index contributed by atoms with van der Waals surface area (Å²) in [6.45, 7) is 13.1. The summed E-state index contributed by atoms with van der Waals surface area (Å²) in [6, 6.07) is 6.32. The summed E-state index contributed by atoms with van der Waals surface area (Å²) >= 11 is 0. The molecule has 2 rings (SSSR count). The third kappa shape index (κ3) is 2.08. The highest BCUT2D eigenvalue weighted by molar-refractivity contribution is 5.84. The molecular formula is C15H21NO. The number of benzene rings is 1. The fourth-order valence-electron chi connectivity index (χ4n) is 2.09. The van der Waals surface area contributed by atoms with Crippen LogP contribution in [0.15, 0.2) is 22.7 Å². The Kier molecular flexibility index (Phi) is 2.57. The number of rotatable bonds is 0. The fraction of sp³-hybridized carbons (Fsp3) is 0.533. The van der Waals surface area contributed by atoms with E-state index in [2.05, 4.69) is 64.9 Å². The van der Waals surface area contributed by atoms with Gasteiger partial charge in [0, 0.05) is 16.4 Å². The summed E-state index contributed by atoms with van der Waals surface area (Å²) in [4.78, 5) is 0. The monoisotopic (exact) mass is 231 g/mol. The summed E-state index contributed by atoms with van der Waals surface area (Å²) in [5.74, 6) is 0. The second-order valence-electron chi connectivity index (χ2n) is 6.71. The molecule has 0 fully saturated rings. The molecule has 1 aromatic carbocycles. The molecule has 17 heavy (non-hydrogen) atoms. The van der Waals surface area contributed by atoms with Crippen LogP contribution in [0.25, 0.3) is 11.0 Å². The summed E-state index contributed by atoms with van der Waals surface area (Å²) in [5, 5.41) is 5.41. The van der Waals surface area contributed by atoms with Crippen molar-refractivity contribution in [3.63, 3.8) is 0 Å². The maximum Gasteiger partial charge on any atom is 0.170 e. The summed E-state index contributed by atoms with van der Waals surface area (Å²) in [5.41, 5.74) is 3.29. The van der Waals surface area contributed by atoms with E-state index in [4.69, 9.17) is 4.52 Å². The van der Waals surface area contributed by atoms with Crippen LogP contribution < -0.4 is 0 Å². The summed E-state index contributed by atoms with van der Waals surface area (Å²) in [6.07, 6.45) is 0. The van der Waals surface area contributed by atoms with Crippen LogP contribution >= 0.6 is 0 Å². The lowest BCUT2D eigenvalue weighted by Crippen LogP contribution is -2.13. The molecule has 2 aromatic rings. The van der Waals surface area contributed by atoms with Gasteiger partial charge in [0.1, 0.15) is 0 Å². The molecule has 0 aliphatic carbocycles. The van der Waals surface area contributed by atoms with Gasteiger partial charge in [-0.15, -0.1) is 0 Å². The van der Waals surface area contributed by atoms with Crippen molar-refractivity contribution in [3.05, 3.63) is 29.5 Å². The van der Waals surface area contributed by atoms with Gasteiger partial charge in [0.2, 0.25) is 0 Å². The van der Waals surface area contributed by atoms with Gasteiger partial charge in [-0.2, -0.15) is 0 Å². The van der Waals surface area contributed by atoms with Crippen LogP contribution in [0.5, 0.6) is 0 Å². The quantitative estimate of drug-likeness (QED) is 0.670. The van der Waals surface area contributed by atoms with Gasteiger partial charge in [0.05, 0.1) is 5.69 Å². The van der Waals surface area contributed by atoms with E-state index < -0.39 is 0 Å². The first-order valence-corrected chi connectivity index (χ1v) is 6.10. The molecule has 92 valence electrons. The summed E-state index contributed by atoms with van der Waals surface area (Å²) in [7, 11) is 0. The number of hydrogen-bond donors (Lipinski definition) is 0. The average molecular weight is 231 g/mol. The highest BCUT2D eigenvalue weighted by Gasteiger charge is 2.25. The highest BCUT2D eigenvalue weighted by atomic mass is 16.5. The van der Waals surface area contributed by atoms with E-state index in [1.165, 1.54) is 5.56 Å². The zero-order valence-corrected chi connectivity index (χ0v) is 11.6. The minimum absolute atomic E-state index is 0.0156. The van der Waals surface area contributed by atoms with Gasteiger partial charge in [-0.25, -0.2) is 0 Å². The van der Waals surface area contributed by atoms with Crippen molar-refractivity contribution < 1.29 is 4.52 Å². The molecule has 1 aromatic heterocycles. The Balaban J connectivity index is 2.74. The van der Waals surface area contributed by atoms with Gasteiger partial charge in [-0.3, -0.25) is 0 Å². The van der Waals surface area contributed by atoms with E-state index in [-0.39, 0.29) is 10.8 Å². The molecule has 1 heterocycles. The van der Waals surface area contributed by atoms with E-state index in [1.54, 1.807) is 0 Å². The minimum atomic E-state index is 0.0156. The third-order valence-corrected chi connectivity index (χ3v) is 3.02. The maximum atomic E-state index is 5.58. The lowest BCUT2D eigenvalue weighted by molar-refractivity contribution is 0.414. The molecular weight excluding hydrogens is 210 g/mol. The molecule has 0 aliphatic heterocycles. The van der Waals surface area contributed by atoms with Gasteiger partial charge in [-0.05, 0) is 11.5 Å². The molecule has 2 nitrogen and oxygen atoms in total. The molecule has 0 saturated carbocycles. The van der Waals surface area contributed by atoms with Crippen molar-refractivity contribution in [1.29, 1.82) is 0 Å². The second-order valence-corrected chi connectivity index (χ2v) is 6.71. The second kappa shape index (κ2) is 3.59. The first-order valence-electron chi connectivity index (χ1n) is 6.10. The van der Waals surface area contributed by atoms with E-state index >= 15 is 0 Å². The number of hydrogen-bond acceptors (Lipinski definition) is 2. The van der Waals surface area contributed by atoms with Crippen molar-refractivity contribution in [2.45, 2.75) is 52.4 Å².